The monoisotopic (exact) mass is 210 g/mol. The second-order valence-corrected chi connectivity index (χ2v) is 4.07. The highest BCUT2D eigenvalue weighted by Crippen LogP contribution is 2.27. The van der Waals surface area contributed by atoms with Crippen molar-refractivity contribution in [2.75, 3.05) is 13.9 Å². The third-order valence-corrected chi connectivity index (χ3v) is 2.80. The van der Waals surface area contributed by atoms with E-state index < -0.39 is 0 Å². The molecular formula is C13H22O2. The molecule has 1 rings (SSSR count). The number of ether oxygens (including phenoxy) is 2. The molecule has 0 amide bonds. The fourth-order valence-electron chi connectivity index (χ4n) is 1.91. The van der Waals surface area contributed by atoms with Crippen molar-refractivity contribution in [3.63, 3.8) is 0 Å². The Morgan fingerprint density at radius 3 is 2.93 bits per heavy atom. The summed E-state index contributed by atoms with van der Waals surface area (Å²) in [5.74, 6) is 7.05. The van der Waals surface area contributed by atoms with Crippen LogP contribution in [0, 0.1) is 17.8 Å². The first-order chi connectivity index (χ1) is 7.38. The fraction of sp³-hybridized carbons (Fsp3) is 0.846. The van der Waals surface area contributed by atoms with Crippen molar-refractivity contribution in [1.29, 1.82) is 0 Å². The number of hydrogen-bond acceptors (Lipinski definition) is 2. The van der Waals surface area contributed by atoms with Crippen LogP contribution < -0.4 is 0 Å². The highest BCUT2D eigenvalue weighted by atomic mass is 16.7. The van der Waals surface area contributed by atoms with Gasteiger partial charge < -0.3 is 9.47 Å². The van der Waals surface area contributed by atoms with Gasteiger partial charge in [0, 0.05) is 19.4 Å². The van der Waals surface area contributed by atoms with Gasteiger partial charge in [0.2, 0.25) is 0 Å². The number of hydrogen-bond donors (Lipinski definition) is 0. The van der Waals surface area contributed by atoms with Gasteiger partial charge in [0.25, 0.3) is 0 Å². The molecule has 2 atom stereocenters. The minimum Gasteiger partial charge on any atom is -0.359 e. The maximum atomic E-state index is 5.60. The summed E-state index contributed by atoms with van der Waals surface area (Å²) in [7, 11) is 1.66. The molecule has 1 saturated carbocycles. The van der Waals surface area contributed by atoms with E-state index in [9.17, 15) is 0 Å². The van der Waals surface area contributed by atoms with Gasteiger partial charge >= 0.3 is 0 Å². The molecule has 2 nitrogen and oxygen atoms in total. The molecule has 0 aromatic heterocycles. The van der Waals surface area contributed by atoms with E-state index >= 15 is 0 Å². The topological polar surface area (TPSA) is 18.5 Å². The van der Waals surface area contributed by atoms with E-state index in [1.807, 2.05) is 0 Å². The number of methoxy groups -OCH3 is 1. The summed E-state index contributed by atoms with van der Waals surface area (Å²) in [6, 6.07) is 0. The quantitative estimate of drug-likeness (QED) is 0.394. The van der Waals surface area contributed by atoms with E-state index in [-0.39, 0.29) is 0 Å². The van der Waals surface area contributed by atoms with E-state index in [1.54, 1.807) is 7.11 Å². The zero-order valence-electron chi connectivity index (χ0n) is 9.92. The lowest BCUT2D eigenvalue weighted by Crippen LogP contribution is -2.18. The van der Waals surface area contributed by atoms with Gasteiger partial charge in [-0.1, -0.05) is 19.3 Å². The minimum absolute atomic E-state index is 0.305. The maximum Gasteiger partial charge on any atom is 0.146 e. The molecule has 2 heteroatoms. The van der Waals surface area contributed by atoms with Gasteiger partial charge in [0.1, 0.15) is 6.79 Å². The van der Waals surface area contributed by atoms with Crippen molar-refractivity contribution in [3.05, 3.63) is 0 Å². The normalized spacial score (nSPS) is 24.9. The molecule has 1 aliphatic rings. The van der Waals surface area contributed by atoms with Gasteiger partial charge in [-0.3, -0.25) is 0 Å². The summed E-state index contributed by atoms with van der Waals surface area (Å²) >= 11 is 0. The lowest BCUT2D eigenvalue weighted by molar-refractivity contribution is -0.0768. The maximum absolute atomic E-state index is 5.60. The largest absolute Gasteiger partial charge is 0.359 e. The summed E-state index contributed by atoms with van der Waals surface area (Å²) in [5.41, 5.74) is 0. The molecule has 15 heavy (non-hydrogen) atoms. The Hall–Kier alpha value is -0.520. The molecule has 1 aliphatic carbocycles. The van der Waals surface area contributed by atoms with Crippen LogP contribution in [0.25, 0.3) is 0 Å². The SMILES string of the molecule is CCCCC#C[C@H]1CCC[C@H]1OCOC. The predicted octanol–water partition coefficient (Wildman–Crippen LogP) is 2.97. The Labute approximate surface area is 93.3 Å². The summed E-state index contributed by atoms with van der Waals surface area (Å²) in [5, 5.41) is 0. The molecule has 86 valence electrons. The first-order valence-corrected chi connectivity index (χ1v) is 5.97. The molecule has 0 unspecified atom stereocenters. The second-order valence-electron chi connectivity index (χ2n) is 4.07. The van der Waals surface area contributed by atoms with E-state index in [0.717, 1.165) is 12.8 Å². The first kappa shape index (κ1) is 12.5. The van der Waals surface area contributed by atoms with E-state index in [1.165, 1.54) is 25.7 Å². The Bertz CT molecular complexity index is 214. The van der Waals surface area contributed by atoms with Crippen LogP contribution in [0.5, 0.6) is 0 Å². The lowest BCUT2D eigenvalue weighted by Gasteiger charge is -2.14. The van der Waals surface area contributed by atoms with Crippen LogP contribution in [0.4, 0.5) is 0 Å². The number of rotatable bonds is 5. The van der Waals surface area contributed by atoms with Crippen molar-refractivity contribution >= 4 is 0 Å². The zero-order valence-corrected chi connectivity index (χ0v) is 9.92. The smallest absolute Gasteiger partial charge is 0.146 e. The van der Waals surface area contributed by atoms with Crippen LogP contribution in [0.1, 0.15) is 45.4 Å². The molecule has 0 heterocycles. The molecule has 0 saturated heterocycles. The Morgan fingerprint density at radius 2 is 2.20 bits per heavy atom. The van der Waals surface area contributed by atoms with E-state index in [2.05, 4.69) is 18.8 Å². The molecule has 0 aromatic carbocycles. The number of unbranched alkanes of at least 4 members (excludes halogenated alkanes) is 2. The van der Waals surface area contributed by atoms with Crippen LogP contribution in [-0.2, 0) is 9.47 Å². The second kappa shape index (κ2) is 7.73. The molecule has 0 spiro atoms. The average molecular weight is 210 g/mol. The van der Waals surface area contributed by atoms with E-state index in [0.29, 0.717) is 18.8 Å². The summed E-state index contributed by atoms with van der Waals surface area (Å²) < 4.78 is 10.5. The molecule has 0 bridgehead atoms. The summed E-state index contributed by atoms with van der Waals surface area (Å²) in [6.07, 6.45) is 7.33. The van der Waals surface area contributed by atoms with Crippen molar-refractivity contribution in [3.8, 4) is 11.8 Å². The first-order valence-electron chi connectivity index (χ1n) is 5.97. The van der Waals surface area contributed by atoms with Crippen molar-refractivity contribution in [2.24, 2.45) is 5.92 Å². The van der Waals surface area contributed by atoms with Crippen LogP contribution >= 0.6 is 0 Å². The zero-order chi connectivity index (χ0) is 10.9. The molecule has 0 N–H and O–H groups in total. The van der Waals surface area contributed by atoms with E-state index in [4.69, 9.17) is 9.47 Å². The minimum atomic E-state index is 0.305. The molecule has 0 radical (unpaired) electrons. The molecule has 1 fully saturated rings. The van der Waals surface area contributed by atoms with Gasteiger partial charge in [-0.25, -0.2) is 0 Å². The summed E-state index contributed by atoms with van der Waals surface area (Å²) in [6.45, 7) is 2.60. The predicted molar refractivity (Wildman–Crippen MR) is 61.4 cm³/mol. The highest BCUT2D eigenvalue weighted by molar-refractivity contribution is 5.07. The standard InChI is InChI=1S/C13H22O2/c1-3-4-5-6-8-12-9-7-10-13(12)15-11-14-2/h12-13H,3-5,7,9-11H2,1-2H3/t12-,13+/m0/s1. The van der Waals surface area contributed by atoms with Gasteiger partial charge in [0.15, 0.2) is 0 Å². The van der Waals surface area contributed by atoms with Crippen molar-refractivity contribution < 1.29 is 9.47 Å². The third kappa shape index (κ3) is 4.68. The van der Waals surface area contributed by atoms with Gasteiger partial charge in [-0.2, -0.15) is 0 Å². The average Bonchev–Trinajstić information content (AvgIpc) is 2.69. The Balaban J connectivity index is 2.27. The van der Waals surface area contributed by atoms with Crippen LogP contribution in [0.3, 0.4) is 0 Å². The van der Waals surface area contributed by atoms with Crippen molar-refractivity contribution in [1.82, 2.24) is 0 Å². The summed E-state index contributed by atoms with van der Waals surface area (Å²) in [4.78, 5) is 0. The highest BCUT2D eigenvalue weighted by Gasteiger charge is 2.26. The van der Waals surface area contributed by atoms with Crippen LogP contribution in [0.2, 0.25) is 0 Å². The van der Waals surface area contributed by atoms with Crippen LogP contribution in [0.15, 0.2) is 0 Å². The Morgan fingerprint density at radius 1 is 1.33 bits per heavy atom. The fourth-order valence-corrected chi connectivity index (χ4v) is 1.91. The Kier molecular flexibility index (Phi) is 6.47. The molecule has 0 aliphatic heterocycles. The van der Waals surface area contributed by atoms with Crippen LogP contribution in [-0.4, -0.2) is 20.0 Å². The van der Waals surface area contributed by atoms with Gasteiger partial charge in [-0.15, -0.1) is 5.92 Å². The molecule has 0 aromatic rings. The molecular weight excluding hydrogens is 188 g/mol. The van der Waals surface area contributed by atoms with Crippen molar-refractivity contribution in [2.45, 2.75) is 51.6 Å². The van der Waals surface area contributed by atoms with Gasteiger partial charge in [-0.05, 0) is 25.7 Å². The van der Waals surface area contributed by atoms with Gasteiger partial charge in [0.05, 0.1) is 6.10 Å². The lowest BCUT2D eigenvalue weighted by atomic mass is 10.1. The third-order valence-electron chi connectivity index (χ3n) is 2.80.